The summed E-state index contributed by atoms with van der Waals surface area (Å²) in [6, 6.07) is 0. The van der Waals surface area contributed by atoms with Gasteiger partial charge < -0.3 is 10.1 Å². The standard InChI is InChI=1S/C22H43NO2/c1-2-3-4-5-6-7-8-11-14-17-20-23-22(25)19-16-13-10-9-12-15-18-21-24/h21H,2-20H2,1H3,(H,23,25). The van der Waals surface area contributed by atoms with Gasteiger partial charge in [0.2, 0.25) is 5.91 Å². The van der Waals surface area contributed by atoms with Crippen LogP contribution in [0.25, 0.3) is 0 Å². The van der Waals surface area contributed by atoms with E-state index in [4.69, 9.17) is 0 Å². The van der Waals surface area contributed by atoms with Crippen LogP contribution in [0.15, 0.2) is 0 Å². The molecule has 0 bridgehead atoms. The predicted molar refractivity (Wildman–Crippen MR) is 108 cm³/mol. The third kappa shape index (κ3) is 21.1. The van der Waals surface area contributed by atoms with E-state index in [0.717, 1.165) is 44.9 Å². The molecule has 0 unspecified atom stereocenters. The molecule has 0 aromatic rings. The van der Waals surface area contributed by atoms with Crippen molar-refractivity contribution >= 4 is 12.2 Å². The Kier molecular flexibility index (Phi) is 20.5. The third-order valence-corrected chi connectivity index (χ3v) is 4.83. The van der Waals surface area contributed by atoms with Gasteiger partial charge in [-0.3, -0.25) is 4.79 Å². The minimum atomic E-state index is 0.219. The van der Waals surface area contributed by atoms with Crippen molar-refractivity contribution in [3.05, 3.63) is 0 Å². The smallest absolute Gasteiger partial charge is 0.219 e. The zero-order chi connectivity index (χ0) is 18.4. The quantitative estimate of drug-likeness (QED) is 0.205. The number of aldehydes is 1. The number of unbranched alkanes of at least 4 members (excludes halogenated alkanes) is 15. The van der Waals surface area contributed by atoms with Gasteiger partial charge in [-0.1, -0.05) is 90.4 Å². The van der Waals surface area contributed by atoms with E-state index in [1.54, 1.807) is 0 Å². The molecule has 0 fully saturated rings. The van der Waals surface area contributed by atoms with E-state index < -0.39 is 0 Å². The van der Waals surface area contributed by atoms with Gasteiger partial charge in [0, 0.05) is 19.4 Å². The summed E-state index contributed by atoms with van der Waals surface area (Å²) in [6.45, 7) is 3.11. The number of rotatable bonds is 20. The molecule has 0 heterocycles. The lowest BCUT2D eigenvalue weighted by Gasteiger charge is -2.06. The zero-order valence-corrected chi connectivity index (χ0v) is 16.8. The van der Waals surface area contributed by atoms with E-state index in [2.05, 4.69) is 12.2 Å². The highest BCUT2D eigenvalue weighted by molar-refractivity contribution is 5.75. The fraction of sp³-hybridized carbons (Fsp3) is 0.909. The van der Waals surface area contributed by atoms with Crippen molar-refractivity contribution in [2.45, 2.75) is 122 Å². The highest BCUT2D eigenvalue weighted by Crippen LogP contribution is 2.10. The Morgan fingerprint density at radius 2 is 1.16 bits per heavy atom. The van der Waals surface area contributed by atoms with Crippen LogP contribution in [0.5, 0.6) is 0 Å². The summed E-state index contributed by atoms with van der Waals surface area (Å²) < 4.78 is 0. The molecule has 0 saturated carbocycles. The maximum Gasteiger partial charge on any atom is 0.219 e. The molecule has 0 aromatic heterocycles. The van der Waals surface area contributed by atoms with Crippen molar-refractivity contribution in [2.24, 2.45) is 0 Å². The SMILES string of the molecule is CCCCCCCCCCCCNC(=O)CCCCCCCCC=O. The Bertz CT molecular complexity index is 292. The number of hydrogen-bond acceptors (Lipinski definition) is 2. The molecule has 0 aromatic carbocycles. The molecule has 25 heavy (non-hydrogen) atoms. The van der Waals surface area contributed by atoms with E-state index in [-0.39, 0.29) is 5.91 Å². The van der Waals surface area contributed by atoms with Gasteiger partial charge in [-0.05, 0) is 19.3 Å². The lowest BCUT2D eigenvalue weighted by atomic mass is 10.1. The van der Waals surface area contributed by atoms with Crippen LogP contribution >= 0.6 is 0 Å². The highest BCUT2D eigenvalue weighted by Gasteiger charge is 2.00. The first kappa shape index (κ1) is 24.1. The summed E-state index contributed by atoms with van der Waals surface area (Å²) in [4.78, 5) is 21.9. The fourth-order valence-electron chi connectivity index (χ4n) is 3.15. The van der Waals surface area contributed by atoms with Crippen molar-refractivity contribution in [2.75, 3.05) is 6.54 Å². The summed E-state index contributed by atoms with van der Waals surface area (Å²) in [5.74, 6) is 0.219. The van der Waals surface area contributed by atoms with Gasteiger partial charge in [0.1, 0.15) is 6.29 Å². The number of hydrogen-bond donors (Lipinski definition) is 1. The van der Waals surface area contributed by atoms with E-state index in [1.807, 2.05) is 0 Å². The molecule has 3 heteroatoms. The average molecular weight is 354 g/mol. The first-order valence-electron chi connectivity index (χ1n) is 11.0. The van der Waals surface area contributed by atoms with Crippen LogP contribution in [0.2, 0.25) is 0 Å². The molecule has 1 N–H and O–H groups in total. The number of carbonyl (C=O) groups excluding carboxylic acids is 2. The Morgan fingerprint density at radius 1 is 0.680 bits per heavy atom. The first-order chi connectivity index (χ1) is 12.3. The number of nitrogens with one attached hydrogen (secondary N) is 1. The molecule has 0 aliphatic heterocycles. The fourth-order valence-corrected chi connectivity index (χ4v) is 3.15. The number of amides is 1. The Hall–Kier alpha value is -0.860. The van der Waals surface area contributed by atoms with Crippen LogP contribution in [0.1, 0.15) is 122 Å². The second kappa shape index (κ2) is 21.2. The van der Waals surface area contributed by atoms with Gasteiger partial charge in [-0.15, -0.1) is 0 Å². The molecule has 0 radical (unpaired) electrons. The summed E-state index contributed by atoms with van der Waals surface area (Å²) >= 11 is 0. The Morgan fingerprint density at radius 3 is 1.72 bits per heavy atom. The second-order valence-corrected chi connectivity index (χ2v) is 7.36. The molecule has 3 nitrogen and oxygen atoms in total. The molecular formula is C22H43NO2. The van der Waals surface area contributed by atoms with Crippen LogP contribution in [-0.4, -0.2) is 18.7 Å². The lowest BCUT2D eigenvalue weighted by Crippen LogP contribution is -2.23. The van der Waals surface area contributed by atoms with E-state index in [9.17, 15) is 9.59 Å². The summed E-state index contributed by atoms with van der Waals surface area (Å²) in [6.07, 6.45) is 22.4. The maximum absolute atomic E-state index is 11.7. The van der Waals surface area contributed by atoms with Crippen LogP contribution in [-0.2, 0) is 9.59 Å². The average Bonchev–Trinajstić information content (AvgIpc) is 2.62. The van der Waals surface area contributed by atoms with E-state index >= 15 is 0 Å². The lowest BCUT2D eigenvalue weighted by molar-refractivity contribution is -0.121. The molecule has 1 amide bonds. The molecule has 0 aliphatic rings. The van der Waals surface area contributed by atoms with E-state index in [1.165, 1.54) is 70.6 Å². The van der Waals surface area contributed by atoms with Crippen LogP contribution in [0, 0.1) is 0 Å². The molecule has 0 saturated heterocycles. The van der Waals surface area contributed by atoms with Gasteiger partial charge in [-0.25, -0.2) is 0 Å². The highest BCUT2D eigenvalue weighted by atomic mass is 16.1. The maximum atomic E-state index is 11.7. The zero-order valence-electron chi connectivity index (χ0n) is 16.8. The monoisotopic (exact) mass is 353 g/mol. The molecule has 0 atom stereocenters. The van der Waals surface area contributed by atoms with Gasteiger partial charge >= 0.3 is 0 Å². The summed E-state index contributed by atoms with van der Waals surface area (Å²) in [5.41, 5.74) is 0. The first-order valence-corrected chi connectivity index (χ1v) is 11.0. The molecular weight excluding hydrogens is 310 g/mol. The topological polar surface area (TPSA) is 46.2 Å². The van der Waals surface area contributed by atoms with Gasteiger partial charge in [0.25, 0.3) is 0 Å². The minimum absolute atomic E-state index is 0.219. The molecule has 0 rings (SSSR count). The van der Waals surface area contributed by atoms with Crippen molar-refractivity contribution < 1.29 is 9.59 Å². The van der Waals surface area contributed by atoms with Crippen molar-refractivity contribution in [3.8, 4) is 0 Å². The molecule has 148 valence electrons. The Balaban J connectivity index is 3.14. The summed E-state index contributed by atoms with van der Waals surface area (Å²) in [7, 11) is 0. The van der Waals surface area contributed by atoms with Gasteiger partial charge in [0.05, 0.1) is 0 Å². The van der Waals surface area contributed by atoms with Crippen LogP contribution in [0.3, 0.4) is 0 Å². The summed E-state index contributed by atoms with van der Waals surface area (Å²) in [5, 5.41) is 3.05. The number of carbonyl (C=O) groups is 2. The molecule has 0 spiro atoms. The van der Waals surface area contributed by atoms with Crippen molar-refractivity contribution in [1.82, 2.24) is 5.32 Å². The second-order valence-electron chi connectivity index (χ2n) is 7.36. The van der Waals surface area contributed by atoms with E-state index in [0.29, 0.717) is 12.8 Å². The predicted octanol–water partition coefficient (Wildman–Crippen LogP) is 6.34. The normalized spacial score (nSPS) is 10.8. The van der Waals surface area contributed by atoms with Gasteiger partial charge in [-0.2, -0.15) is 0 Å². The largest absolute Gasteiger partial charge is 0.356 e. The van der Waals surface area contributed by atoms with Crippen LogP contribution in [0.4, 0.5) is 0 Å². The van der Waals surface area contributed by atoms with Crippen LogP contribution < -0.4 is 5.32 Å². The van der Waals surface area contributed by atoms with Gasteiger partial charge in [0.15, 0.2) is 0 Å². The Labute approximate surface area is 156 Å². The molecule has 0 aliphatic carbocycles. The minimum Gasteiger partial charge on any atom is -0.356 e. The van der Waals surface area contributed by atoms with Crippen molar-refractivity contribution in [1.29, 1.82) is 0 Å². The van der Waals surface area contributed by atoms with Crippen molar-refractivity contribution in [3.63, 3.8) is 0 Å². The third-order valence-electron chi connectivity index (χ3n) is 4.83.